The van der Waals surface area contributed by atoms with Crippen molar-refractivity contribution in [3.8, 4) is 33.8 Å². The number of nitrogens with two attached hydrogens (primary N) is 1. The molecule has 4 aromatic carbocycles. The van der Waals surface area contributed by atoms with Crippen LogP contribution < -0.4 is 20.5 Å². The monoisotopic (exact) mass is 874 g/mol. The van der Waals surface area contributed by atoms with Crippen LogP contribution in [0.4, 0.5) is 30.2 Å². The van der Waals surface area contributed by atoms with Gasteiger partial charge < -0.3 is 30.0 Å². The highest BCUT2D eigenvalue weighted by Gasteiger charge is 2.34. The Balaban J connectivity index is 0.000000268. The van der Waals surface area contributed by atoms with Gasteiger partial charge in [-0.1, -0.05) is 43.8 Å². The number of rotatable bonds is 12. The lowest BCUT2D eigenvalue weighted by atomic mass is 9.98. The molecule has 0 saturated carbocycles. The van der Waals surface area contributed by atoms with Crippen molar-refractivity contribution in [3.63, 3.8) is 0 Å². The zero-order valence-electron chi connectivity index (χ0n) is 33.7. The number of anilines is 3. The summed E-state index contributed by atoms with van der Waals surface area (Å²) in [5, 5.41) is 2.99. The third-order valence-electron chi connectivity index (χ3n) is 8.87. The van der Waals surface area contributed by atoms with E-state index in [9.17, 15) is 13.2 Å². The van der Waals surface area contributed by atoms with E-state index >= 15 is 0 Å². The third kappa shape index (κ3) is 14.4. The molecule has 12 heteroatoms. The number of aryl methyl sites for hydroxylation is 1. The molecule has 314 valence electrons. The minimum absolute atomic E-state index is 0. The molecule has 0 radical (unpaired) electrons. The molecule has 0 saturated heterocycles. The predicted molar refractivity (Wildman–Crippen MR) is 237 cm³/mol. The van der Waals surface area contributed by atoms with Gasteiger partial charge in [0.05, 0.1) is 55.3 Å². The van der Waals surface area contributed by atoms with Gasteiger partial charge in [0, 0.05) is 35.3 Å². The fourth-order valence-electron chi connectivity index (χ4n) is 5.85. The van der Waals surface area contributed by atoms with E-state index in [1.807, 2.05) is 70.2 Å². The maximum Gasteiger partial charge on any atom is 0.417 e. The minimum Gasteiger partial charge on any atom is -0.497 e. The molecule has 0 bridgehead atoms. The van der Waals surface area contributed by atoms with Crippen LogP contribution in [-0.4, -0.2) is 37.4 Å². The Morgan fingerprint density at radius 1 is 0.661 bits per heavy atom. The van der Waals surface area contributed by atoms with Gasteiger partial charge in [-0.15, -0.1) is 0 Å². The number of hydrogen-bond donors (Lipinski definition) is 2. The van der Waals surface area contributed by atoms with E-state index in [-0.39, 0.29) is 25.2 Å². The van der Waals surface area contributed by atoms with E-state index in [2.05, 4.69) is 50.3 Å². The molecule has 6 aromatic rings. The molecular weight excluding hydrogens is 821 g/mol. The Bertz CT molecular complexity index is 2150. The van der Waals surface area contributed by atoms with Gasteiger partial charge >= 0.3 is 6.18 Å². The van der Waals surface area contributed by atoms with E-state index in [4.69, 9.17) is 24.7 Å². The Labute approximate surface area is 355 Å². The van der Waals surface area contributed by atoms with E-state index in [0.717, 1.165) is 40.0 Å². The van der Waals surface area contributed by atoms with Gasteiger partial charge in [0.15, 0.2) is 0 Å². The van der Waals surface area contributed by atoms with Crippen molar-refractivity contribution in [2.75, 3.05) is 38.5 Å². The summed E-state index contributed by atoms with van der Waals surface area (Å²) < 4.78 is 63.3. The molecule has 0 aliphatic rings. The van der Waals surface area contributed by atoms with Crippen LogP contribution in [0.1, 0.15) is 69.8 Å². The molecule has 0 spiro atoms. The number of benzene rings is 4. The lowest BCUT2D eigenvalue weighted by molar-refractivity contribution is -0.137. The molecule has 3 N–H and O–H groups in total. The van der Waals surface area contributed by atoms with E-state index in [1.165, 1.54) is 29.9 Å². The Morgan fingerprint density at radius 3 is 1.59 bits per heavy atom. The number of methoxy groups -OCH3 is 2. The minimum atomic E-state index is -4.50. The lowest BCUT2D eigenvalue weighted by Crippen LogP contribution is -2.08. The number of ether oxygens (including phenoxy) is 4. The molecular formula is C47H54BrF3N4O4. The summed E-state index contributed by atoms with van der Waals surface area (Å²) in [5.41, 5.74) is 12.6. The zero-order chi connectivity index (χ0) is 42.2. The first-order valence-corrected chi connectivity index (χ1v) is 19.5. The summed E-state index contributed by atoms with van der Waals surface area (Å²) >= 11 is 3.33. The van der Waals surface area contributed by atoms with E-state index < -0.39 is 11.7 Å². The van der Waals surface area contributed by atoms with Crippen molar-refractivity contribution in [1.82, 2.24) is 9.97 Å². The SMILES string of the molecule is C.CCOC(C)c1ccc(Br)cn1.CCOC(C)c1ccc(Nc2ccc(-c3ccc(OC)cc3)c(C(F)(F)F)c2)cn1.COc1ccc(-c2ccc(N)cc2C)cc1. The number of nitrogens with zero attached hydrogens (tertiary/aromatic N) is 2. The summed E-state index contributed by atoms with van der Waals surface area (Å²) in [4.78, 5) is 8.55. The number of alkyl halides is 3. The number of nitrogens with one attached hydrogen (secondary N) is 1. The molecule has 0 aliphatic carbocycles. The predicted octanol–water partition coefficient (Wildman–Crippen LogP) is 13.4. The molecule has 59 heavy (non-hydrogen) atoms. The fourth-order valence-corrected chi connectivity index (χ4v) is 6.08. The van der Waals surface area contributed by atoms with Crippen molar-refractivity contribution < 1.29 is 32.1 Å². The van der Waals surface area contributed by atoms with E-state index in [0.29, 0.717) is 29.3 Å². The normalized spacial score (nSPS) is 11.7. The van der Waals surface area contributed by atoms with Crippen LogP contribution in [0.15, 0.2) is 126 Å². The molecule has 2 atom stereocenters. The maximum absolute atomic E-state index is 13.7. The third-order valence-corrected chi connectivity index (χ3v) is 9.34. The van der Waals surface area contributed by atoms with Crippen LogP contribution >= 0.6 is 15.9 Å². The number of pyridine rings is 2. The molecule has 2 unspecified atom stereocenters. The summed E-state index contributed by atoms with van der Waals surface area (Å²) in [5.74, 6) is 1.46. The summed E-state index contributed by atoms with van der Waals surface area (Å²) in [7, 11) is 3.18. The second-order valence-corrected chi connectivity index (χ2v) is 13.9. The van der Waals surface area contributed by atoms with Crippen molar-refractivity contribution in [2.24, 2.45) is 0 Å². The van der Waals surface area contributed by atoms with Gasteiger partial charge in [0.1, 0.15) is 11.5 Å². The molecule has 8 nitrogen and oxygen atoms in total. The summed E-state index contributed by atoms with van der Waals surface area (Å²) in [6.07, 6.45) is -1.20. The van der Waals surface area contributed by atoms with Crippen LogP contribution in [0.2, 0.25) is 0 Å². The van der Waals surface area contributed by atoms with Crippen LogP contribution in [0.25, 0.3) is 22.3 Å². The second-order valence-electron chi connectivity index (χ2n) is 13.0. The van der Waals surface area contributed by atoms with Gasteiger partial charge in [-0.05, 0) is 151 Å². The molecule has 0 amide bonds. The van der Waals surface area contributed by atoms with Crippen molar-refractivity contribution in [3.05, 3.63) is 149 Å². The van der Waals surface area contributed by atoms with Crippen LogP contribution in [0.3, 0.4) is 0 Å². The average Bonchev–Trinajstić information content (AvgIpc) is 3.22. The highest BCUT2D eigenvalue weighted by molar-refractivity contribution is 9.10. The van der Waals surface area contributed by atoms with Gasteiger partial charge in [0.2, 0.25) is 0 Å². The molecule has 0 aliphatic heterocycles. The summed E-state index contributed by atoms with van der Waals surface area (Å²) in [6, 6.07) is 32.2. The van der Waals surface area contributed by atoms with Crippen LogP contribution in [0, 0.1) is 6.92 Å². The fraction of sp³-hybridized carbons (Fsp3) is 0.277. The Kier molecular flexibility index (Phi) is 18.9. The van der Waals surface area contributed by atoms with Gasteiger partial charge in [0.25, 0.3) is 0 Å². The van der Waals surface area contributed by atoms with Crippen LogP contribution in [0.5, 0.6) is 11.5 Å². The number of halogens is 4. The molecule has 2 heterocycles. The highest BCUT2D eigenvalue weighted by atomic mass is 79.9. The number of nitrogen functional groups attached to an aromatic ring is 1. The summed E-state index contributed by atoms with van der Waals surface area (Å²) in [6.45, 7) is 11.1. The number of aromatic nitrogens is 2. The maximum atomic E-state index is 13.7. The Hall–Kier alpha value is -5.43. The largest absolute Gasteiger partial charge is 0.497 e. The first kappa shape index (κ1) is 47.9. The highest BCUT2D eigenvalue weighted by Crippen LogP contribution is 2.39. The first-order chi connectivity index (χ1) is 27.8. The van der Waals surface area contributed by atoms with Gasteiger partial charge in [-0.25, -0.2) is 0 Å². The number of hydrogen-bond acceptors (Lipinski definition) is 8. The Morgan fingerprint density at radius 2 is 1.15 bits per heavy atom. The van der Waals surface area contributed by atoms with Gasteiger partial charge in [-0.3, -0.25) is 9.97 Å². The first-order valence-electron chi connectivity index (χ1n) is 18.7. The van der Waals surface area contributed by atoms with Crippen molar-refractivity contribution in [1.29, 1.82) is 0 Å². The molecule has 0 fully saturated rings. The molecule has 6 rings (SSSR count). The van der Waals surface area contributed by atoms with Gasteiger partial charge in [-0.2, -0.15) is 13.2 Å². The smallest absolute Gasteiger partial charge is 0.417 e. The van der Waals surface area contributed by atoms with Crippen LogP contribution in [-0.2, 0) is 15.7 Å². The lowest BCUT2D eigenvalue weighted by Gasteiger charge is -2.16. The quantitative estimate of drug-likeness (QED) is 0.117. The topological polar surface area (TPSA) is 101 Å². The standard InChI is InChI=1S/C23H23F3N2O2.C14H15NO.C9H12BrNO.CH4/c1-4-30-15(2)22-12-8-18(14-27-22)28-17-7-11-20(21(13-17)23(24,25)26)16-5-9-19(29-3)10-6-16;1-10-9-12(15)5-8-14(10)11-3-6-13(16-2)7-4-11;1-3-12-7(2)9-5-4-8(10)6-11-9;/h5-15,28H,4H2,1-3H3;3-9H,15H2,1-2H3;4-7H,3H2,1-2H3;1H4. The van der Waals surface area contributed by atoms with Crippen molar-refractivity contribution >= 4 is 33.0 Å². The average molecular weight is 876 g/mol. The van der Waals surface area contributed by atoms with Crippen molar-refractivity contribution in [2.45, 2.75) is 60.4 Å². The zero-order valence-corrected chi connectivity index (χ0v) is 35.3. The van der Waals surface area contributed by atoms with E-state index in [1.54, 1.807) is 62.0 Å². The second kappa shape index (κ2) is 23.2. The molecule has 2 aromatic heterocycles.